The fourth-order valence-corrected chi connectivity index (χ4v) is 6.88. The van der Waals surface area contributed by atoms with E-state index in [1.165, 1.54) is 0 Å². The van der Waals surface area contributed by atoms with Gasteiger partial charge in [-0.05, 0) is 36.2 Å². The molecular formula is C40H29N4OPb. The third-order valence-electron chi connectivity index (χ3n) is 8.03. The molecular weight excluding hydrogens is 760 g/mol. The predicted octanol–water partition coefficient (Wildman–Crippen LogP) is 8.00. The number of aromatic nitrogens is 4. The third kappa shape index (κ3) is 6.23. The van der Waals surface area contributed by atoms with Crippen molar-refractivity contribution in [2.75, 3.05) is 0 Å². The zero-order valence-corrected chi connectivity index (χ0v) is 29.1. The van der Waals surface area contributed by atoms with Gasteiger partial charge in [0.1, 0.15) is 0 Å². The van der Waals surface area contributed by atoms with Gasteiger partial charge in [-0.15, -0.1) is 0 Å². The molecule has 4 heterocycles. The monoisotopic (exact) mass is 789 g/mol. The third-order valence-corrected chi connectivity index (χ3v) is 9.16. The van der Waals surface area contributed by atoms with Gasteiger partial charge in [0.15, 0.2) is 0 Å². The van der Waals surface area contributed by atoms with Gasteiger partial charge in [0.05, 0.1) is 5.69 Å². The van der Waals surface area contributed by atoms with Gasteiger partial charge in [0.2, 0.25) is 0 Å². The summed E-state index contributed by atoms with van der Waals surface area (Å²) < 4.78 is 1.16. The number of hydrogen-bond donors (Lipinski definition) is 1. The van der Waals surface area contributed by atoms with Crippen LogP contribution in [-0.2, 0) is 6.42 Å². The zero-order valence-electron chi connectivity index (χ0n) is 25.2. The van der Waals surface area contributed by atoms with Gasteiger partial charge in [0, 0.05) is 11.8 Å². The Morgan fingerprint density at radius 1 is 0.522 bits per heavy atom. The normalized spacial score (nSPS) is 11.0. The van der Waals surface area contributed by atoms with E-state index in [9.17, 15) is 5.11 Å². The van der Waals surface area contributed by atoms with Crippen LogP contribution in [0.2, 0.25) is 0 Å². The van der Waals surface area contributed by atoms with Crippen LogP contribution in [0.4, 0.5) is 0 Å². The summed E-state index contributed by atoms with van der Waals surface area (Å²) in [6.45, 7) is 2.14. The Morgan fingerprint density at radius 3 is 1.61 bits per heavy atom. The molecule has 0 saturated heterocycles. The molecule has 5 nitrogen and oxygen atoms in total. The number of rotatable bonds is 7. The molecule has 4 aromatic heterocycles. The van der Waals surface area contributed by atoms with E-state index in [0.717, 1.165) is 96.4 Å². The minimum atomic E-state index is 0.195. The van der Waals surface area contributed by atoms with Crippen LogP contribution in [0.5, 0.6) is 5.75 Å². The van der Waals surface area contributed by atoms with Crippen molar-refractivity contribution in [2.45, 2.75) is 13.3 Å². The van der Waals surface area contributed by atoms with Crippen molar-refractivity contribution >= 4 is 28.9 Å². The molecule has 0 spiro atoms. The van der Waals surface area contributed by atoms with E-state index >= 15 is 0 Å². The van der Waals surface area contributed by atoms with Gasteiger partial charge < -0.3 is 0 Å². The molecule has 0 aliphatic heterocycles. The van der Waals surface area contributed by atoms with Crippen LogP contribution in [0, 0.1) is 6.92 Å². The molecule has 0 aliphatic rings. The van der Waals surface area contributed by atoms with Gasteiger partial charge >= 0.3 is 191 Å². The van der Waals surface area contributed by atoms with E-state index in [-0.39, 0.29) is 5.75 Å². The molecule has 46 heavy (non-hydrogen) atoms. The van der Waals surface area contributed by atoms with Crippen molar-refractivity contribution in [3.05, 3.63) is 157 Å². The number of phenols is 1. The molecule has 0 fully saturated rings. The van der Waals surface area contributed by atoms with E-state index in [4.69, 9.17) is 9.97 Å². The first-order chi connectivity index (χ1) is 22.5. The second-order valence-electron chi connectivity index (χ2n) is 11.1. The minimum absolute atomic E-state index is 0.195. The second-order valence-corrected chi connectivity index (χ2v) is 13.4. The van der Waals surface area contributed by atoms with Gasteiger partial charge in [-0.1, -0.05) is 36.4 Å². The Balaban J connectivity index is 1.25. The first-order valence-electron chi connectivity index (χ1n) is 15.1. The van der Waals surface area contributed by atoms with E-state index in [2.05, 4.69) is 71.5 Å². The van der Waals surface area contributed by atoms with Crippen molar-refractivity contribution in [2.24, 2.45) is 0 Å². The predicted molar refractivity (Wildman–Crippen MR) is 186 cm³/mol. The van der Waals surface area contributed by atoms with Gasteiger partial charge in [-0.2, -0.15) is 0 Å². The Bertz CT molecular complexity index is 2150. The molecule has 0 unspecified atom stereocenters. The second kappa shape index (κ2) is 13.1. The van der Waals surface area contributed by atoms with Crippen LogP contribution in [-0.4, -0.2) is 50.8 Å². The molecule has 3 aromatic carbocycles. The summed E-state index contributed by atoms with van der Waals surface area (Å²) in [6, 6.07) is 42.8. The van der Waals surface area contributed by atoms with E-state index in [1.54, 1.807) is 6.20 Å². The van der Waals surface area contributed by atoms with Crippen molar-refractivity contribution in [3.63, 3.8) is 0 Å². The first-order valence-corrected chi connectivity index (χ1v) is 17.0. The van der Waals surface area contributed by atoms with Crippen molar-refractivity contribution in [3.8, 4) is 61.9 Å². The first kappa shape index (κ1) is 29.7. The van der Waals surface area contributed by atoms with E-state index < -0.39 is 0 Å². The summed E-state index contributed by atoms with van der Waals surface area (Å²) in [7, 11) is 0. The van der Waals surface area contributed by atoms with Crippen molar-refractivity contribution in [1.29, 1.82) is 0 Å². The van der Waals surface area contributed by atoms with Gasteiger partial charge in [-0.3, -0.25) is 4.98 Å². The molecule has 0 amide bonds. The van der Waals surface area contributed by atoms with Crippen LogP contribution in [0.15, 0.2) is 140 Å². The maximum atomic E-state index is 11.3. The summed E-state index contributed by atoms with van der Waals surface area (Å²) in [5.74, 6) is 0.195. The molecule has 7 rings (SSSR count). The molecule has 0 aliphatic carbocycles. The molecule has 7 aromatic rings. The van der Waals surface area contributed by atoms with Crippen LogP contribution < -0.4 is 3.12 Å². The number of nitrogens with zero attached hydrogens (tertiary/aromatic N) is 4. The van der Waals surface area contributed by atoms with Gasteiger partial charge in [0.25, 0.3) is 0 Å². The summed E-state index contributed by atoms with van der Waals surface area (Å²) >= 11 is 0.837. The molecule has 0 saturated carbocycles. The van der Waals surface area contributed by atoms with Crippen molar-refractivity contribution < 1.29 is 5.11 Å². The average Bonchev–Trinajstić information content (AvgIpc) is 3.10. The van der Waals surface area contributed by atoms with E-state index in [1.807, 2.05) is 79.0 Å². The zero-order chi connectivity index (χ0) is 31.5. The Labute approximate surface area is 284 Å². The van der Waals surface area contributed by atoms with Gasteiger partial charge in [-0.25, -0.2) is 0 Å². The van der Waals surface area contributed by atoms with Crippen LogP contribution in [0.25, 0.3) is 56.2 Å². The number of aromatic hydroxyl groups is 1. The fraction of sp³-hybridized carbons (Fsp3) is 0.0500. The van der Waals surface area contributed by atoms with Crippen molar-refractivity contribution in [1.82, 2.24) is 19.9 Å². The summed E-state index contributed by atoms with van der Waals surface area (Å²) in [5.41, 5.74) is 12.1. The molecule has 219 valence electrons. The van der Waals surface area contributed by atoms with Crippen LogP contribution in [0.1, 0.15) is 17.0 Å². The Morgan fingerprint density at radius 2 is 1.02 bits per heavy atom. The number of phenolic OH excluding ortho intramolecular Hbond substituents is 1. The quantitative estimate of drug-likeness (QED) is 0.166. The molecule has 0 bridgehead atoms. The fourth-order valence-electron chi connectivity index (χ4n) is 5.75. The standard InChI is InChI=1S/C40H29N4O.Pb/c1-27-34(37-19-6-8-23-42-37)24-29(28-12-3-2-4-13-28)25-35(27)39-21-10-15-31(44-39)26-30-14-9-20-38(43-30)33-17-11-16-32(40(33)45)36-18-5-7-22-41-36;/h2-10,12-25,45H,26H2,1H3;. The number of benzene rings is 3. The maximum absolute atomic E-state index is 11.3. The SMILES string of the molecule is Cc1c(-c2ccccn2)cc(-c2ccccc2)cc1-c1cccc(Cc2cccc(-c3c[c]([Pb])cc(-c4ccccn4)c3O)n2)n1. The summed E-state index contributed by atoms with van der Waals surface area (Å²) in [6.07, 6.45) is 4.13. The average molecular weight is 789 g/mol. The number of pyridine rings is 4. The number of hydrogen-bond acceptors (Lipinski definition) is 5. The summed E-state index contributed by atoms with van der Waals surface area (Å²) in [5, 5.41) is 11.3. The topological polar surface area (TPSA) is 71.8 Å². The Hall–Kier alpha value is -5.02. The van der Waals surface area contributed by atoms with Crippen LogP contribution >= 0.6 is 0 Å². The van der Waals surface area contributed by atoms with Crippen LogP contribution in [0.3, 0.4) is 0 Å². The molecule has 1 N–H and O–H groups in total. The molecule has 6 heteroatoms. The molecule has 3 radical (unpaired) electrons. The van der Waals surface area contributed by atoms with E-state index in [0.29, 0.717) is 12.0 Å². The summed E-state index contributed by atoms with van der Waals surface area (Å²) in [4.78, 5) is 19.3. The molecule has 0 atom stereocenters. The Kier molecular flexibility index (Phi) is 8.48.